The van der Waals surface area contributed by atoms with Crippen molar-refractivity contribution in [3.63, 3.8) is 0 Å². The summed E-state index contributed by atoms with van der Waals surface area (Å²) in [7, 11) is 3.21. The maximum absolute atomic E-state index is 10.8. The molecule has 0 saturated carbocycles. The summed E-state index contributed by atoms with van der Waals surface area (Å²) in [5.41, 5.74) is 1.97. The standard InChI is InChI=1S/C11H13NO2/c1-12-10-5-3-4-9(8-10)6-7-11(13)14-2/h3-8,12H,1-2H3. The highest BCUT2D eigenvalue weighted by atomic mass is 16.5. The summed E-state index contributed by atoms with van der Waals surface area (Å²) in [5.74, 6) is -0.347. The molecule has 1 N–H and O–H groups in total. The number of benzene rings is 1. The number of carbonyl (C=O) groups is 1. The van der Waals surface area contributed by atoms with Crippen molar-refractivity contribution in [3.8, 4) is 0 Å². The van der Waals surface area contributed by atoms with Crippen molar-refractivity contribution >= 4 is 17.7 Å². The smallest absolute Gasteiger partial charge is 0.330 e. The normalized spacial score (nSPS) is 10.1. The van der Waals surface area contributed by atoms with Crippen LogP contribution >= 0.6 is 0 Å². The van der Waals surface area contributed by atoms with Gasteiger partial charge in [-0.25, -0.2) is 4.79 Å². The Kier molecular flexibility index (Phi) is 3.73. The molecule has 3 nitrogen and oxygen atoms in total. The lowest BCUT2D eigenvalue weighted by Gasteiger charge is -2.00. The predicted molar refractivity (Wildman–Crippen MR) is 57.0 cm³/mol. The molecule has 0 heterocycles. The van der Waals surface area contributed by atoms with E-state index in [4.69, 9.17) is 0 Å². The van der Waals surface area contributed by atoms with Crippen molar-refractivity contribution in [1.29, 1.82) is 0 Å². The van der Waals surface area contributed by atoms with E-state index in [-0.39, 0.29) is 5.97 Å². The Hall–Kier alpha value is -1.77. The van der Waals surface area contributed by atoms with Crippen LogP contribution < -0.4 is 5.32 Å². The quantitative estimate of drug-likeness (QED) is 0.586. The van der Waals surface area contributed by atoms with Crippen molar-refractivity contribution in [2.75, 3.05) is 19.5 Å². The third kappa shape index (κ3) is 2.94. The molecule has 0 atom stereocenters. The highest BCUT2D eigenvalue weighted by Gasteiger charge is 1.92. The largest absolute Gasteiger partial charge is 0.466 e. The zero-order valence-corrected chi connectivity index (χ0v) is 8.28. The molecule has 0 aliphatic carbocycles. The van der Waals surface area contributed by atoms with Crippen LogP contribution in [-0.2, 0) is 9.53 Å². The molecular formula is C11H13NO2. The third-order valence-corrected chi connectivity index (χ3v) is 1.79. The number of rotatable bonds is 3. The Morgan fingerprint density at radius 1 is 1.50 bits per heavy atom. The van der Waals surface area contributed by atoms with E-state index < -0.39 is 0 Å². The first-order chi connectivity index (χ1) is 6.76. The van der Waals surface area contributed by atoms with Crippen LogP contribution in [0.5, 0.6) is 0 Å². The first-order valence-electron chi connectivity index (χ1n) is 4.30. The van der Waals surface area contributed by atoms with Gasteiger partial charge >= 0.3 is 5.97 Å². The number of ether oxygens (including phenoxy) is 1. The van der Waals surface area contributed by atoms with Crippen LogP contribution in [-0.4, -0.2) is 20.1 Å². The monoisotopic (exact) mass is 191 g/mol. The maximum Gasteiger partial charge on any atom is 0.330 e. The highest BCUT2D eigenvalue weighted by Crippen LogP contribution is 2.10. The number of anilines is 1. The summed E-state index contributed by atoms with van der Waals surface area (Å²) in [5, 5.41) is 3.02. The van der Waals surface area contributed by atoms with Crippen molar-refractivity contribution in [1.82, 2.24) is 0 Å². The van der Waals surface area contributed by atoms with Gasteiger partial charge in [0.1, 0.15) is 0 Å². The Bertz CT molecular complexity index is 345. The summed E-state index contributed by atoms with van der Waals surface area (Å²) in [6.45, 7) is 0. The molecule has 14 heavy (non-hydrogen) atoms. The molecule has 1 aromatic rings. The zero-order chi connectivity index (χ0) is 10.4. The van der Waals surface area contributed by atoms with Gasteiger partial charge in [-0.3, -0.25) is 0 Å². The molecule has 1 rings (SSSR count). The number of nitrogens with one attached hydrogen (secondary N) is 1. The minimum absolute atomic E-state index is 0.347. The number of carbonyl (C=O) groups excluding carboxylic acids is 1. The van der Waals surface area contributed by atoms with E-state index in [0.29, 0.717) is 0 Å². The van der Waals surface area contributed by atoms with Crippen molar-refractivity contribution in [2.45, 2.75) is 0 Å². The lowest BCUT2D eigenvalue weighted by molar-refractivity contribution is -0.134. The van der Waals surface area contributed by atoms with Crippen molar-refractivity contribution in [2.24, 2.45) is 0 Å². The summed E-state index contributed by atoms with van der Waals surface area (Å²) in [4.78, 5) is 10.8. The summed E-state index contributed by atoms with van der Waals surface area (Å²) in [6.07, 6.45) is 3.11. The summed E-state index contributed by atoms with van der Waals surface area (Å²) < 4.78 is 4.49. The van der Waals surface area contributed by atoms with E-state index in [0.717, 1.165) is 11.3 Å². The molecule has 0 spiro atoms. The third-order valence-electron chi connectivity index (χ3n) is 1.79. The second kappa shape index (κ2) is 5.07. The van der Waals surface area contributed by atoms with Crippen molar-refractivity contribution in [3.05, 3.63) is 35.9 Å². The Morgan fingerprint density at radius 3 is 2.93 bits per heavy atom. The van der Waals surface area contributed by atoms with E-state index in [1.54, 1.807) is 6.08 Å². The van der Waals surface area contributed by atoms with Gasteiger partial charge in [0, 0.05) is 18.8 Å². The molecule has 0 amide bonds. The van der Waals surface area contributed by atoms with E-state index >= 15 is 0 Å². The van der Waals surface area contributed by atoms with Crippen LogP contribution in [0.2, 0.25) is 0 Å². The van der Waals surface area contributed by atoms with Gasteiger partial charge in [0.25, 0.3) is 0 Å². The molecule has 0 radical (unpaired) electrons. The second-order valence-corrected chi connectivity index (χ2v) is 2.73. The van der Waals surface area contributed by atoms with Crippen LogP contribution in [0.25, 0.3) is 6.08 Å². The first-order valence-corrected chi connectivity index (χ1v) is 4.30. The van der Waals surface area contributed by atoms with Crippen LogP contribution in [0.3, 0.4) is 0 Å². The summed E-state index contributed by atoms with van der Waals surface area (Å²) >= 11 is 0. The fraction of sp³-hybridized carbons (Fsp3) is 0.182. The molecule has 0 unspecified atom stereocenters. The molecule has 0 fully saturated rings. The lowest BCUT2D eigenvalue weighted by atomic mass is 10.2. The Labute approximate surface area is 83.4 Å². The average molecular weight is 191 g/mol. The number of methoxy groups -OCH3 is 1. The van der Waals surface area contributed by atoms with Crippen molar-refractivity contribution < 1.29 is 9.53 Å². The summed E-state index contributed by atoms with van der Waals surface area (Å²) in [6, 6.07) is 7.73. The number of hydrogen-bond donors (Lipinski definition) is 1. The van der Waals surface area contributed by atoms with E-state index in [9.17, 15) is 4.79 Å². The fourth-order valence-electron chi connectivity index (χ4n) is 1.03. The zero-order valence-electron chi connectivity index (χ0n) is 8.28. The van der Waals surface area contributed by atoms with E-state index in [1.165, 1.54) is 13.2 Å². The Morgan fingerprint density at radius 2 is 2.29 bits per heavy atom. The van der Waals surface area contributed by atoms with Gasteiger partial charge in [-0.05, 0) is 23.8 Å². The van der Waals surface area contributed by atoms with Gasteiger partial charge in [-0.1, -0.05) is 12.1 Å². The molecule has 3 heteroatoms. The minimum Gasteiger partial charge on any atom is -0.466 e. The number of hydrogen-bond acceptors (Lipinski definition) is 3. The Balaban J connectivity index is 2.76. The first kappa shape index (κ1) is 10.3. The van der Waals surface area contributed by atoms with Crippen LogP contribution in [0.1, 0.15) is 5.56 Å². The molecule has 74 valence electrons. The molecule has 0 aliphatic rings. The van der Waals surface area contributed by atoms with Gasteiger partial charge in [0.2, 0.25) is 0 Å². The molecule has 0 aromatic heterocycles. The SMILES string of the molecule is CNc1cccc(C=CC(=O)OC)c1. The molecule has 0 saturated heterocycles. The molecule has 0 aliphatic heterocycles. The van der Waals surface area contributed by atoms with Crippen LogP contribution in [0, 0.1) is 0 Å². The van der Waals surface area contributed by atoms with Gasteiger partial charge in [0.15, 0.2) is 0 Å². The highest BCUT2D eigenvalue weighted by molar-refractivity contribution is 5.87. The fourth-order valence-corrected chi connectivity index (χ4v) is 1.03. The van der Waals surface area contributed by atoms with Gasteiger partial charge in [-0.2, -0.15) is 0 Å². The second-order valence-electron chi connectivity index (χ2n) is 2.73. The maximum atomic E-state index is 10.8. The van der Waals surface area contributed by atoms with E-state index in [2.05, 4.69) is 10.1 Å². The molecule has 0 bridgehead atoms. The van der Waals surface area contributed by atoms with Crippen LogP contribution in [0.4, 0.5) is 5.69 Å². The molecule has 1 aromatic carbocycles. The van der Waals surface area contributed by atoms with Crippen LogP contribution in [0.15, 0.2) is 30.3 Å². The number of esters is 1. The van der Waals surface area contributed by atoms with Gasteiger partial charge in [-0.15, -0.1) is 0 Å². The predicted octanol–water partition coefficient (Wildman–Crippen LogP) is 1.91. The topological polar surface area (TPSA) is 38.3 Å². The minimum atomic E-state index is -0.347. The molecular weight excluding hydrogens is 178 g/mol. The lowest BCUT2D eigenvalue weighted by Crippen LogP contribution is -1.93. The van der Waals surface area contributed by atoms with Gasteiger partial charge in [0.05, 0.1) is 7.11 Å². The van der Waals surface area contributed by atoms with E-state index in [1.807, 2.05) is 31.3 Å². The van der Waals surface area contributed by atoms with Gasteiger partial charge < -0.3 is 10.1 Å². The average Bonchev–Trinajstić information content (AvgIpc) is 2.26.